The van der Waals surface area contributed by atoms with Gasteiger partial charge in [-0.2, -0.15) is 0 Å². The number of halogens is 1. The summed E-state index contributed by atoms with van der Waals surface area (Å²) in [6, 6.07) is 10.4. The van der Waals surface area contributed by atoms with E-state index in [1.165, 1.54) is 11.3 Å². The van der Waals surface area contributed by atoms with E-state index in [9.17, 15) is 9.59 Å². The SMILES string of the molecule is C=CCN(Cc1ccc(Cl)s1)C(=O)c1ccccc1OCC(N)=O. The molecule has 0 aliphatic rings. The van der Waals surface area contributed by atoms with Crippen LogP contribution in [-0.4, -0.2) is 29.9 Å². The predicted molar refractivity (Wildman–Crippen MR) is 95.4 cm³/mol. The molecular weight excluding hydrogens is 348 g/mol. The summed E-state index contributed by atoms with van der Waals surface area (Å²) in [6.07, 6.45) is 1.65. The molecule has 0 atom stereocenters. The molecule has 0 aliphatic carbocycles. The van der Waals surface area contributed by atoms with Crippen molar-refractivity contribution in [2.75, 3.05) is 13.2 Å². The maximum atomic E-state index is 12.9. The van der Waals surface area contributed by atoms with Crippen LogP contribution in [0, 0.1) is 0 Å². The van der Waals surface area contributed by atoms with Crippen LogP contribution in [0.25, 0.3) is 0 Å². The molecule has 2 N–H and O–H groups in total. The number of primary amides is 1. The third-order valence-electron chi connectivity index (χ3n) is 3.10. The number of carbonyl (C=O) groups excluding carboxylic acids is 2. The molecule has 7 heteroatoms. The molecular formula is C17H17ClN2O3S. The molecule has 1 heterocycles. The molecule has 0 unspecified atom stereocenters. The van der Waals surface area contributed by atoms with Crippen molar-refractivity contribution in [2.45, 2.75) is 6.54 Å². The molecule has 24 heavy (non-hydrogen) atoms. The number of ether oxygens (including phenoxy) is 1. The van der Waals surface area contributed by atoms with Crippen LogP contribution in [-0.2, 0) is 11.3 Å². The van der Waals surface area contributed by atoms with Gasteiger partial charge in [0, 0.05) is 11.4 Å². The molecule has 2 amide bonds. The van der Waals surface area contributed by atoms with Crippen LogP contribution in [0.4, 0.5) is 0 Å². The number of nitrogens with zero attached hydrogens (tertiary/aromatic N) is 1. The number of hydrogen-bond acceptors (Lipinski definition) is 4. The van der Waals surface area contributed by atoms with Crippen molar-refractivity contribution in [2.24, 2.45) is 5.73 Å². The Morgan fingerprint density at radius 2 is 2.04 bits per heavy atom. The van der Waals surface area contributed by atoms with Crippen molar-refractivity contribution in [3.8, 4) is 5.75 Å². The Balaban J connectivity index is 2.22. The number of hydrogen-bond donors (Lipinski definition) is 1. The first-order valence-electron chi connectivity index (χ1n) is 7.15. The molecule has 0 aliphatic heterocycles. The monoisotopic (exact) mass is 364 g/mol. The van der Waals surface area contributed by atoms with E-state index in [0.29, 0.717) is 28.7 Å². The number of carbonyl (C=O) groups is 2. The van der Waals surface area contributed by atoms with Gasteiger partial charge in [-0.3, -0.25) is 9.59 Å². The highest BCUT2D eigenvalue weighted by Gasteiger charge is 2.20. The molecule has 1 aromatic heterocycles. The molecule has 0 saturated heterocycles. The van der Waals surface area contributed by atoms with Gasteiger partial charge in [-0.1, -0.05) is 29.8 Å². The van der Waals surface area contributed by atoms with Crippen LogP contribution in [0.5, 0.6) is 5.75 Å². The lowest BCUT2D eigenvalue weighted by molar-refractivity contribution is -0.119. The third kappa shape index (κ3) is 4.84. The van der Waals surface area contributed by atoms with Gasteiger partial charge in [-0.05, 0) is 24.3 Å². The minimum absolute atomic E-state index is 0.223. The summed E-state index contributed by atoms with van der Waals surface area (Å²) in [5.74, 6) is -0.507. The van der Waals surface area contributed by atoms with E-state index in [0.717, 1.165) is 4.88 Å². The summed E-state index contributed by atoms with van der Waals surface area (Å²) in [5.41, 5.74) is 5.46. The number of benzene rings is 1. The maximum absolute atomic E-state index is 12.9. The van der Waals surface area contributed by atoms with Crippen LogP contribution < -0.4 is 10.5 Å². The van der Waals surface area contributed by atoms with Gasteiger partial charge in [0.1, 0.15) is 5.75 Å². The molecule has 0 spiro atoms. The minimum Gasteiger partial charge on any atom is -0.483 e. The van der Waals surface area contributed by atoms with E-state index in [1.54, 1.807) is 41.3 Å². The zero-order valence-corrected chi connectivity index (χ0v) is 14.5. The van der Waals surface area contributed by atoms with Crippen LogP contribution >= 0.6 is 22.9 Å². The third-order valence-corrected chi connectivity index (χ3v) is 4.32. The Labute approximate surface area is 149 Å². The van der Waals surface area contributed by atoms with E-state index in [4.69, 9.17) is 22.1 Å². The van der Waals surface area contributed by atoms with Crippen molar-refractivity contribution >= 4 is 34.8 Å². The van der Waals surface area contributed by atoms with Gasteiger partial charge in [0.2, 0.25) is 0 Å². The quantitative estimate of drug-likeness (QED) is 0.731. The zero-order valence-electron chi connectivity index (χ0n) is 12.9. The van der Waals surface area contributed by atoms with Crippen LogP contribution in [0.3, 0.4) is 0 Å². The molecule has 2 aromatic rings. The normalized spacial score (nSPS) is 10.2. The smallest absolute Gasteiger partial charge is 0.258 e. The number of rotatable bonds is 8. The van der Waals surface area contributed by atoms with E-state index in [2.05, 4.69) is 6.58 Å². The molecule has 0 fully saturated rings. The minimum atomic E-state index is -0.603. The average molecular weight is 365 g/mol. The van der Waals surface area contributed by atoms with E-state index in [1.807, 2.05) is 6.07 Å². The topological polar surface area (TPSA) is 72.6 Å². The highest BCUT2D eigenvalue weighted by molar-refractivity contribution is 7.16. The van der Waals surface area contributed by atoms with E-state index >= 15 is 0 Å². The fraction of sp³-hybridized carbons (Fsp3) is 0.176. The summed E-state index contributed by atoms with van der Waals surface area (Å²) < 4.78 is 6.00. The van der Waals surface area contributed by atoms with Crippen molar-refractivity contribution in [1.29, 1.82) is 0 Å². The fourth-order valence-electron chi connectivity index (χ4n) is 2.09. The molecule has 5 nitrogen and oxygen atoms in total. The Hall–Kier alpha value is -2.31. The molecule has 1 aromatic carbocycles. The fourth-order valence-corrected chi connectivity index (χ4v) is 3.19. The maximum Gasteiger partial charge on any atom is 0.258 e. The Bertz CT molecular complexity index is 745. The molecule has 0 radical (unpaired) electrons. The summed E-state index contributed by atoms with van der Waals surface area (Å²) in [4.78, 5) is 26.4. The first-order chi connectivity index (χ1) is 11.5. The molecule has 0 bridgehead atoms. The lowest BCUT2D eigenvalue weighted by Crippen LogP contribution is -2.31. The standard InChI is InChI=1S/C17H17ClN2O3S/c1-2-9-20(10-12-7-8-15(18)24-12)17(22)13-5-3-4-6-14(13)23-11-16(19)21/h2-8H,1,9-11H2,(H2,19,21). The second-order valence-corrected chi connectivity index (χ2v) is 6.73. The number of amides is 2. The van der Waals surface area contributed by atoms with Crippen molar-refractivity contribution in [3.63, 3.8) is 0 Å². The summed E-state index contributed by atoms with van der Waals surface area (Å²) in [5, 5.41) is 0. The van der Waals surface area contributed by atoms with Gasteiger partial charge in [-0.15, -0.1) is 17.9 Å². The summed E-state index contributed by atoms with van der Waals surface area (Å²) >= 11 is 7.36. The first-order valence-corrected chi connectivity index (χ1v) is 8.35. The second-order valence-electron chi connectivity index (χ2n) is 4.93. The summed E-state index contributed by atoms with van der Waals surface area (Å²) in [6.45, 7) is 4.19. The first kappa shape index (κ1) is 18.0. The van der Waals surface area contributed by atoms with E-state index in [-0.39, 0.29) is 12.5 Å². The average Bonchev–Trinajstić information content (AvgIpc) is 2.97. The Morgan fingerprint density at radius 3 is 2.67 bits per heavy atom. The van der Waals surface area contributed by atoms with Crippen LogP contribution in [0.15, 0.2) is 49.1 Å². The molecule has 126 valence electrons. The molecule has 2 rings (SSSR count). The zero-order chi connectivity index (χ0) is 17.5. The number of nitrogens with two attached hydrogens (primary N) is 1. The Kier molecular flexibility index (Phi) is 6.40. The number of thiophene rings is 1. The second kappa shape index (κ2) is 8.52. The highest BCUT2D eigenvalue weighted by atomic mass is 35.5. The number of para-hydroxylation sites is 1. The lowest BCUT2D eigenvalue weighted by atomic mass is 10.1. The predicted octanol–water partition coefficient (Wildman–Crippen LogP) is 3.09. The summed E-state index contributed by atoms with van der Waals surface area (Å²) in [7, 11) is 0. The van der Waals surface area contributed by atoms with Crippen molar-refractivity contribution < 1.29 is 14.3 Å². The highest BCUT2D eigenvalue weighted by Crippen LogP contribution is 2.25. The van der Waals surface area contributed by atoms with Crippen LogP contribution in [0.1, 0.15) is 15.2 Å². The van der Waals surface area contributed by atoms with Gasteiger partial charge in [-0.25, -0.2) is 0 Å². The lowest BCUT2D eigenvalue weighted by Gasteiger charge is -2.21. The Morgan fingerprint density at radius 1 is 1.29 bits per heavy atom. The van der Waals surface area contributed by atoms with Gasteiger partial charge in [0.15, 0.2) is 6.61 Å². The van der Waals surface area contributed by atoms with Crippen molar-refractivity contribution in [3.05, 3.63) is 63.8 Å². The van der Waals surface area contributed by atoms with Crippen molar-refractivity contribution in [1.82, 2.24) is 4.90 Å². The largest absolute Gasteiger partial charge is 0.483 e. The van der Waals surface area contributed by atoms with Crippen LogP contribution in [0.2, 0.25) is 4.34 Å². The van der Waals surface area contributed by atoms with Gasteiger partial charge >= 0.3 is 0 Å². The molecule has 0 saturated carbocycles. The van der Waals surface area contributed by atoms with Gasteiger partial charge in [0.25, 0.3) is 11.8 Å². The van der Waals surface area contributed by atoms with Gasteiger partial charge in [0.05, 0.1) is 16.4 Å². The van der Waals surface area contributed by atoms with Gasteiger partial charge < -0.3 is 15.4 Å². The van der Waals surface area contributed by atoms with E-state index < -0.39 is 5.91 Å².